The zero-order valence-electron chi connectivity index (χ0n) is 19.9. The normalized spacial score (nSPS) is 11.7. The molecular formula is C28H19BrCl2N6O. The van der Waals surface area contributed by atoms with Crippen LogP contribution in [0.4, 0.5) is 17.2 Å². The van der Waals surface area contributed by atoms with Gasteiger partial charge in [-0.05, 0) is 60.0 Å². The Morgan fingerprint density at radius 3 is 2.61 bits per heavy atom. The van der Waals surface area contributed by atoms with Crippen LogP contribution in [-0.2, 0) is 0 Å². The van der Waals surface area contributed by atoms with Crippen LogP contribution in [0.2, 0.25) is 10.0 Å². The molecule has 5 rings (SSSR count). The Labute approximate surface area is 237 Å². The summed E-state index contributed by atoms with van der Waals surface area (Å²) in [5, 5.41) is 15.0. The molecule has 1 unspecified atom stereocenters. The minimum Gasteiger partial charge on any atom is -0.435 e. The number of nitrogens with zero attached hydrogens (tertiary/aromatic N) is 4. The van der Waals surface area contributed by atoms with Crippen molar-refractivity contribution in [2.24, 2.45) is 0 Å². The third kappa shape index (κ3) is 5.09. The second-order valence-corrected chi connectivity index (χ2v) is 10.1. The van der Waals surface area contributed by atoms with Crippen molar-refractivity contribution in [1.29, 1.82) is 5.26 Å². The Bertz CT molecular complexity index is 1710. The molecule has 0 fully saturated rings. The first-order valence-electron chi connectivity index (χ1n) is 11.4. The number of rotatable bonds is 6. The van der Waals surface area contributed by atoms with Gasteiger partial charge in [-0.1, -0.05) is 63.4 Å². The fraction of sp³-hybridized carbons (Fsp3) is 0.0714. The predicted molar refractivity (Wildman–Crippen MR) is 154 cm³/mol. The minimum atomic E-state index is -0.550. The molecule has 188 valence electrons. The summed E-state index contributed by atoms with van der Waals surface area (Å²) in [6.07, 6.45) is 3.05. The van der Waals surface area contributed by atoms with Crippen molar-refractivity contribution in [2.75, 3.05) is 11.1 Å². The highest BCUT2D eigenvalue weighted by atomic mass is 79.9. The van der Waals surface area contributed by atoms with Crippen LogP contribution in [0.1, 0.15) is 22.6 Å². The number of nitrogens with two attached hydrogens (primary N) is 1. The molecule has 0 bridgehead atoms. The van der Waals surface area contributed by atoms with E-state index in [0.717, 1.165) is 21.0 Å². The average molecular weight is 606 g/mol. The number of ether oxygens (including phenoxy) is 1. The van der Waals surface area contributed by atoms with Gasteiger partial charge in [0.15, 0.2) is 11.6 Å². The van der Waals surface area contributed by atoms with E-state index in [0.29, 0.717) is 38.4 Å². The van der Waals surface area contributed by atoms with E-state index < -0.39 is 5.92 Å². The molecule has 0 spiro atoms. The molecule has 3 N–H and O–H groups in total. The van der Waals surface area contributed by atoms with Crippen LogP contribution in [0, 0.1) is 18.3 Å². The van der Waals surface area contributed by atoms with Crippen LogP contribution in [0.5, 0.6) is 11.6 Å². The molecule has 0 radical (unpaired) electrons. The molecule has 38 heavy (non-hydrogen) atoms. The van der Waals surface area contributed by atoms with Gasteiger partial charge in [0.05, 0.1) is 12.0 Å². The maximum Gasteiger partial charge on any atom is 0.248 e. The summed E-state index contributed by atoms with van der Waals surface area (Å²) in [5.41, 5.74) is 10.3. The first-order chi connectivity index (χ1) is 18.4. The summed E-state index contributed by atoms with van der Waals surface area (Å²) < 4.78 is 6.96. The Balaban J connectivity index is 1.44. The van der Waals surface area contributed by atoms with Gasteiger partial charge in [0.25, 0.3) is 0 Å². The summed E-state index contributed by atoms with van der Waals surface area (Å²) in [6.45, 7) is 1.91. The summed E-state index contributed by atoms with van der Waals surface area (Å²) in [5.74, 6) is 0.495. The summed E-state index contributed by atoms with van der Waals surface area (Å²) >= 11 is 16.2. The third-order valence-electron chi connectivity index (χ3n) is 5.97. The van der Waals surface area contributed by atoms with Gasteiger partial charge in [-0.25, -0.2) is 4.98 Å². The van der Waals surface area contributed by atoms with E-state index in [-0.39, 0.29) is 11.6 Å². The summed E-state index contributed by atoms with van der Waals surface area (Å²) in [7, 11) is 0. The van der Waals surface area contributed by atoms with Gasteiger partial charge in [0.2, 0.25) is 5.88 Å². The van der Waals surface area contributed by atoms with Crippen molar-refractivity contribution in [3.05, 3.63) is 104 Å². The monoisotopic (exact) mass is 604 g/mol. The lowest BCUT2D eigenvalue weighted by Crippen LogP contribution is -2.05. The van der Waals surface area contributed by atoms with Gasteiger partial charge >= 0.3 is 0 Å². The first-order valence-corrected chi connectivity index (χ1v) is 12.9. The number of nitrogen functional groups attached to an aromatic ring is 1. The largest absolute Gasteiger partial charge is 0.435 e. The molecule has 0 aliphatic heterocycles. The smallest absolute Gasteiger partial charge is 0.248 e. The van der Waals surface area contributed by atoms with Gasteiger partial charge in [0.1, 0.15) is 17.5 Å². The van der Waals surface area contributed by atoms with E-state index in [1.54, 1.807) is 30.5 Å². The predicted octanol–water partition coefficient (Wildman–Crippen LogP) is 8.18. The second-order valence-electron chi connectivity index (χ2n) is 8.42. The van der Waals surface area contributed by atoms with Gasteiger partial charge in [-0.15, -0.1) is 0 Å². The Kier molecular flexibility index (Phi) is 7.34. The van der Waals surface area contributed by atoms with E-state index in [4.69, 9.17) is 33.7 Å². The molecule has 3 aromatic carbocycles. The number of halogens is 3. The van der Waals surface area contributed by atoms with Crippen LogP contribution in [-0.4, -0.2) is 15.0 Å². The lowest BCUT2D eigenvalue weighted by molar-refractivity contribution is 0.469. The maximum absolute atomic E-state index is 9.88. The molecule has 0 saturated carbocycles. The number of benzene rings is 3. The fourth-order valence-corrected chi connectivity index (χ4v) is 4.88. The van der Waals surface area contributed by atoms with Crippen LogP contribution in [0.15, 0.2) is 77.7 Å². The van der Waals surface area contributed by atoms with E-state index >= 15 is 0 Å². The summed E-state index contributed by atoms with van der Waals surface area (Å²) in [4.78, 5) is 13.0. The Morgan fingerprint density at radius 2 is 1.84 bits per heavy atom. The van der Waals surface area contributed by atoms with Crippen molar-refractivity contribution < 1.29 is 4.74 Å². The maximum atomic E-state index is 9.88. The van der Waals surface area contributed by atoms with Crippen LogP contribution in [0.3, 0.4) is 0 Å². The SMILES string of the molecule is Cc1cc(C(C#N)c2ccc(Cl)cc2)c(Cl)cc1Nc1ncnc(Oc2ccc(Br)c3cccnc23)c1N. The van der Waals surface area contributed by atoms with Crippen LogP contribution >= 0.6 is 39.1 Å². The highest BCUT2D eigenvalue weighted by molar-refractivity contribution is 9.10. The van der Waals surface area contributed by atoms with Crippen molar-refractivity contribution in [1.82, 2.24) is 15.0 Å². The molecule has 0 saturated heterocycles. The highest BCUT2D eigenvalue weighted by Crippen LogP contribution is 2.38. The van der Waals surface area contributed by atoms with Crippen LogP contribution in [0.25, 0.3) is 10.9 Å². The van der Waals surface area contributed by atoms with E-state index in [9.17, 15) is 5.26 Å². The lowest BCUT2D eigenvalue weighted by Gasteiger charge is -2.17. The van der Waals surface area contributed by atoms with E-state index in [2.05, 4.69) is 42.3 Å². The molecule has 0 aliphatic carbocycles. The molecule has 2 heterocycles. The quantitative estimate of drug-likeness (QED) is 0.201. The number of aromatic nitrogens is 3. The number of anilines is 3. The second kappa shape index (κ2) is 10.8. The zero-order chi connectivity index (χ0) is 26.8. The van der Waals surface area contributed by atoms with E-state index in [1.165, 1.54) is 6.33 Å². The molecule has 10 heteroatoms. The molecule has 0 aliphatic rings. The number of hydrogen-bond acceptors (Lipinski definition) is 7. The molecular weight excluding hydrogens is 587 g/mol. The van der Waals surface area contributed by atoms with Gasteiger partial charge in [-0.2, -0.15) is 10.2 Å². The minimum absolute atomic E-state index is 0.185. The van der Waals surface area contributed by atoms with Crippen molar-refractivity contribution in [2.45, 2.75) is 12.8 Å². The van der Waals surface area contributed by atoms with E-state index in [1.807, 2.05) is 43.3 Å². The standard InChI is InChI=1S/C28H19BrCl2N6O/c1-15-11-19(20(13-32)16-4-6-17(30)7-5-16)22(31)12-23(15)37-27-25(33)28(36-14-35-27)38-24-9-8-21(29)18-3-2-10-34-26(18)24/h2-12,14,20H,33H2,1H3,(H,35,36,37). The number of hydrogen-bond donors (Lipinski definition) is 2. The number of nitriles is 1. The first kappa shape index (κ1) is 25.7. The Morgan fingerprint density at radius 1 is 1.05 bits per heavy atom. The molecule has 0 amide bonds. The topological polar surface area (TPSA) is 110 Å². The average Bonchev–Trinajstić information content (AvgIpc) is 2.92. The van der Waals surface area contributed by atoms with Gasteiger partial charge in [0, 0.05) is 31.8 Å². The molecule has 7 nitrogen and oxygen atoms in total. The number of fused-ring (bicyclic) bond motifs is 1. The molecule has 1 atom stereocenters. The van der Waals surface area contributed by atoms with Gasteiger partial charge in [-0.3, -0.25) is 4.98 Å². The van der Waals surface area contributed by atoms with Crippen LogP contribution < -0.4 is 15.8 Å². The van der Waals surface area contributed by atoms with Crippen molar-refractivity contribution in [3.63, 3.8) is 0 Å². The van der Waals surface area contributed by atoms with Gasteiger partial charge < -0.3 is 15.8 Å². The highest BCUT2D eigenvalue weighted by Gasteiger charge is 2.20. The molecule has 5 aromatic rings. The third-order valence-corrected chi connectivity index (χ3v) is 7.24. The fourth-order valence-electron chi connectivity index (χ4n) is 4.02. The van der Waals surface area contributed by atoms with Crippen molar-refractivity contribution >= 4 is 67.2 Å². The number of aryl methyl sites for hydroxylation is 1. The Hall–Kier alpha value is -3.90. The summed E-state index contributed by atoms with van der Waals surface area (Å²) in [6, 6.07) is 20.6. The lowest BCUT2D eigenvalue weighted by atomic mass is 9.91. The zero-order valence-corrected chi connectivity index (χ0v) is 23.0. The number of nitrogens with one attached hydrogen (secondary N) is 1. The van der Waals surface area contributed by atoms with Crippen molar-refractivity contribution in [3.8, 4) is 17.7 Å². The molecule has 2 aromatic heterocycles. The number of pyridine rings is 1.